The highest BCUT2D eigenvalue weighted by Crippen LogP contribution is 2.19. The van der Waals surface area contributed by atoms with E-state index in [2.05, 4.69) is 10.6 Å². The molecule has 8 nitrogen and oxygen atoms in total. The molecule has 0 saturated carbocycles. The second kappa shape index (κ2) is 10.8. The smallest absolute Gasteiger partial charge is 0.323 e. The molecule has 0 aliphatic rings. The first-order valence-electron chi connectivity index (χ1n) is 7.05. The van der Waals surface area contributed by atoms with Crippen molar-refractivity contribution in [2.45, 2.75) is 37.9 Å². The Balaban J connectivity index is 0.00000232. The van der Waals surface area contributed by atoms with E-state index in [9.17, 15) is 13.2 Å². The highest BCUT2D eigenvalue weighted by molar-refractivity contribution is 7.94. The van der Waals surface area contributed by atoms with Crippen LogP contribution < -0.4 is 15.4 Å². The van der Waals surface area contributed by atoms with Gasteiger partial charge in [0.15, 0.2) is 5.25 Å². The Morgan fingerprint density at radius 3 is 2.26 bits per heavy atom. The molecule has 0 bridgehead atoms. The van der Waals surface area contributed by atoms with Crippen LogP contribution in [0, 0.1) is 0 Å². The first-order chi connectivity index (χ1) is 10.9. The van der Waals surface area contributed by atoms with E-state index in [-0.39, 0.29) is 6.42 Å². The first-order valence-corrected chi connectivity index (χ1v) is 8.59. The van der Waals surface area contributed by atoms with Gasteiger partial charge in [-0.2, -0.15) is 0 Å². The Morgan fingerprint density at radius 1 is 1.26 bits per heavy atom. The van der Waals surface area contributed by atoms with Crippen molar-refractivity contribution in [3.63, 3.8) is 0 Å². The zero-order valence-electron chi connectivity index (χ0n) is 13.2. The van der Waals surface area contributed by atoms with Gasteiger partial charge in [0.1, 0.15) is 5.75 Å². The molecule has 5 N–H and O–H groups in total. The van der Waals surface area contributed by atoms with Gasteiger partial charge in [0.2, 0.25) is 10.0 Å². The lowest BCUT2D eigenvalue weighted by Crippen LogP contribution is -2.34. The summed E-state index contributed by atoms with van der Waals surface area (Å²) in [5.74, 6) is 2.77. The molecule has 0 radical (unpaired) electrons. The molecule has 0 saturated heterocycles. The number of hydrogen-bond donors (Lipinski definition) is 4. The van der Waals surface area contributed by atoms with E-state index in [1.54, 1.807) is 12.1 Å². The van der Waals surface area contributed by atoms with Crippen LogP contribution in [0.3, 0.4) is 0 Å². The van der Waals surface area contributed by atoms with Crippen molar-refractivity contribution in [1.82, 2.24) is 0 Å². The number of carbonyl (C=O) groups is 1. The summed E-state index contributed by atoms with van der Waals surface area (Å²) in [7, 11) is -2.46. The molecule has 0 heterocycles. The van der Waals surface area contributed by atoms with Gasteiger partial charge in [-0.1, -0.05) is 26.2 Å². The Morgan fingerprint density at radius 2 is 1.83 bits per heavy atom. The van der Waals surface area contributed by atoms with Gasteiger partial charge in [-0.15, -0.1) is 0 Å². The second-order valence-corrected chi connectivity index (χ2v) is 6.56. The van der Waals surface area contributed by atoms with Gasteiger partial charge >= 0.3 is 5.97 Å². The topological polar surface area (TPSA) is 139 Å². The zero-order chi connectivity index (χ0) is 17.9. The summed E-state index contributed by atoms with van der Waals surface area (Å²) in [6.45, 7) is 1.97. The van der Waals surface area contributed by atoms with Crippen LogP contribution in [-0.4, -0.2) is 37.1 Å². The van der Waals surface area contributed by atoms with Gasteiger partial charge in [-0.3, -0.25) is 9.52 Å². The van der Waals surface area contributed by atoms with E-state index < -0.39 is 21.2 Å². The molecule has 1 rings (SSSR count). The van der Waals surface area contributed by atoms with Crippen molar-refractivity contribution >= 4 is 21.7 Å². The number of anilines is 1. The maximum absolute atomic E-state index is 12.2. The summed E-state index contributed by atoms with van der Waals surface area (Å²) in [5.41, 5.74) is 0.317. The van der Waals surface area contributed by atoms with Crippen LogP contribution in [0.2, 0.25) is 0 Å². The highest BCUT2D eigenvalue weighted by Gasteiger charge is 2.31. The summed E-state index contributed by atoms with van der Waals surface area (Å²) in [6, 6.07) is 6.26. The maximum Gasteiger partial charge on any atom is 0.323 e. The number of rotatable bonds is 9. The summed E-state index contributed by atoms with van der Waals surface area (Å²) >= 11 is 0. The molecule has 0 fully saturated rings. The lowest BCUT2D eigenvalue weighted by Gasteiger charge is -2.15. The molecule has 0 aromatic heterocycles. The highest BCUT2D eigenvalue weighted by atomic mass is 32.2. The van der Waals surface area contributed by atoms with Gasteiger partial charge in [-0.25, -0.2) is 14.3 Å². The standard InChI is InChI=1S/C14H21NO5S.H3NO/c1-3-4-5-6-13(14(16)17)21(18,19)15-11-7-9-12(20-2)10-8-11;1-2/h7-10,13,15H,3-6H2,1-2H3,(H,16,17);2H,1H2. The second-order valence-electron chi connectivity index (χ2n) is 4.70. The van der Waals surface area contributed by atoms with Crippen LogP contribution in [0.15, 0.2) is 24.3 Å². The van der Waals surface area contributed by atoms with E-state index in [0.717, 1.165) is 12.8 Å². The molecule has 9 heteroatoms. The molecule has 1 aromatic rings. The Labute approximate surface area is 136 Å². The van der Waals surface area contributed by atoms with Crippen LogP contribution in [-0.2, 0) is 14.8 Å². The molecular formula is C14H24N2O6S. The van der Waals surface area contributed by atoms with E-state index >= 15 is 0 Å². The van der Waals surface area contributed by atoms with Gasteiger partial charge in [0.25, 0.3) is 0 Å². The van der Waals surface area contributed by atoms with Crippen molar-refractivity contribution in [3.05, 3.63) is 24.3 Å². The number of carboxylic acid groups (broad SMARTS) is 1. The number of aliphatic carboxylic acids is 1. The Bertz CT molecular complexity index is 559. The summed E-state index contributed by atoms with van der Waals surface area (Å²) in [6.07, 6.45) is 2.38. The van der Waals surface area contributed by atoms with E-state index in [4.69, 9.17) is 15.1 Å². The number of benzene rings is 1. The number of unbranched alkanes of at least 4 members (excludes halogenated alkanes) is 2. The molecule has 132 valence electrons. The largest absolute Gasteiger partial charge is 0.497 e. The van der Waals surface area contributed by atoms with Gasteiger partial charge in [0, 0.05) is 5.69 Å². The van der Waals surface area contributed by atoms with Crippen LogP contribution in [0.5, 0.6) is 5.75 Å². The maximum atomic E-state index is 12.2. The number of ether oxygens (including phenoxy) is 1. The van der Waals surface area contributed by atoms with Crippen LogP contribution >= 0.6 is 0 Å². The third-order valence-electron chi connectivity index (χ3n) is 3.07. The molecular weight excluding hydrogens is 324 g/mol. The molecule has 23 heavy (non-hydrogen) atoms. The van der Waals surface area contributed by atoms with Crippen LogP contribution in [0.1, 0.15) is 32.6 Å². The third-order valence-corrected chi connectivity index (χ3v) is 4.78. The van der Waals surface area contributed by atoms with Crippen LogP contribution in [0.4, 0.5) is 5.69 Å². The van der Waals surface area contributed by atoms with Crippen molar-refractivity contribution in [1.29, 1.82) is 0 Å². The lowest BCUT2D eigenvalue weighted by molar-refractivity contribution is -0.136. The first kappa shape index (κ1) is 21.2. The summed E-state index contributed by atoms with van der Waals surface area (Å²) in [5, 5.41) is 14.2. The molecule has 1 atom stereocenters. The van der Waals surface area contributed by atoms with E-state index in [1.165, 1.54) is 19.2 Å². The van der Waals surface area contributed by atoms with Crippen molar-refractivity contribution in [3.8, 4) is 5.75 Å². The number of sulfonamides is 1. The quantitative estimate of drug-likeness (QED) is 0.394. The molecule has 0 spiro atoms. The van der Waals surface area contributed by atoms with Crippen molar-refractivity contribution < 1.29 is 28.3 Å². The van der Waals surface area contributed by atoms with Crippen LogP contribution in [0.25, 0.3) is 0 Å². The molecule has 0 amide bonds. The molecule has 0 aliphatic heterocycles. The fourth-order valence-corrected chi connectivity index (χ4v) is 3.23. The molecule has 1 aromatic carbocycles. The lowest BCUT2D eigenvalue weighted by atomic mass is 10.1. The molecule has 1 unspecified atom stereocenters. The molecule has 0 aliphatic carbocycles. The monoisotopic (exact) mass is 348 g/mol. The minimum atomic E-state index is -3.97. The Hall–Kier alpha value is -1.84. The van der Waals surface area contributed by atoms with Gasteiger partial charge in [-0.05, 0) is 30.7 Å². The normalized spacial score (nSPS) is 11.8. The van der Waals surface area contributed by atoms with Crippen molar-refractivity contribution in [2.75, 3.05) is 11.8 Å². The third kappa shape index (κ3) is 7.31. The number of carboxylic acids is 1. The summed E-state index contributed by atoms with van der Waals surface area (Å²) < 4.78 is 31.6. The number of nitrogens with one attached hydrogen (secondary N) is 1. The SMILES string of the molecule is CCCCCC(C(=O)O)S(=O)(=O)Nc1ccc(OC)cc1.NO. The predicted octanol–water partition coefficient (Wildman–Crippen LogP) is 1.80. The Kier molecular flexibility index (Phi) is 9.95. The fourth-order valence-electron chi connectivity index (χ4n) is 1.89. The zero-order valence-corrected chi connectivity index (χ0v) is 14.0. The minimum Gasteiger partial charge on any atom is -0.497 e. The average Bonchev–Trinajstić information content (AvgIpc) is 2.53. The number of methoxy groups -OCH3 is 1. The van der Waals surface area contributed by atoms with Gasteiger partial charge in [0.05, 0.1) is 7.11 Å². The van der Waals surface area contributed by atoms with E-state index in [0.29, 0.717) is 17.9 Å². The number of hydrogen-bond acceptors (Lipinski definition) is 6. The van der Waals surface area contributed by atoms with E-state index in [1.807, 2.05) is 6.92 Å². The van der Waals surface area contributed by atoms with Crippen molar-refractivity contribution in [2.24, 2.45) is 5.90 Å². The fraction of sp³-hybridized carbons (Fsp3) is 0.500. The van der Waals surface area contributed by atoms with Gasteiger partial charge < -0.3 is 15.1 Å². The summed E-state index contributed by atoms with van der Waals surface area (Å²) in [4.78, 5) is 11.2. The number of nitrogens with two attached hydrogens (primary N) is 1. The predicted molar refractivity (Wildman–Crippen MR) is 87.1 cm³/mol. The average molecular weight is 348 g/mol. The minimum absolute atomic E-state index is 0.106.